The number of methoxy groups -OCH3 is 1. The van der Waals surface area contributed by atoms with Gasteiger partial charge in [-0.2, -0.15) is 5.10 Å². The van der Waals surface area contributed by atoms with Crippen LogP contribution in [0.3, 0.4) is 0 Å². The molecule has 0 bridgehead atoms. The maximum atomic E-state index is 12.8. The number of hydrogen-bond acceptors (Lipinski definition) is 5. The molecule has 3 rings (SSSR count). The van der Waals surface area contributed by atoms with Crippen LogP contribution in [0.15, 0.2) is 24.4 Å². The predicted octanol–water partition coefficient (Wildman–Crippen LogP) is 2.89. The fourth-order valence-corrected chi connectivity index (χ4v) is 3.81. The zero-order chi connectivity index (χ0) is 20.8. The number of aryl methyl sites for hydroxylation is 2. The van der Waals surface area contributed by atoms with Crippen LogP contribution in [-0.4, -0.2) is 53.9 Å². The van der Waals surface area contributed by atoms with E-state index in [2.05, 4.69) is 29.2 Å². The van der Waals surface area contributed by atoms with Crippen molar-refractivity contribution in [1.29, 1.82) is 0 Å². The molecule has 29 heavy (non-hydrogen) atoms. The number of amides is 1. The van der Waals surface area contributed by atoms with Crippen LogP contribution < -0.4 is 14.8 Å². The van der Waals surface area contributed by atoms with Gasteiger partial charge in [-0.05, 0) is 43.6 Å². The Kier molecular flexibility index (Phi) is 7.14. The molecule has 1 aromatic carbocycles. The van der Waals surface area contributed by atoms with Gasteiger partial charge >= 0.3 is 0 Å². The van der Waals surface area contributed by atoms with Gasteiger partial charge in [0.1, 0.15) is 6.61 Å². The number of nitrogens with one attached hydrogen (secondary N) is 1. The monoisotopic (exact) mass is 400 g/mol. The van der Waals surface area contributed by atoms with E-state index in [1.807, 2.05) is 36.1 Å². The molecule has 1 heterocycles. The van der Waals surface area contributed by atoms with Gasteiger partial charge in [0.25, 0.3) is 0 Å². The first-order valence-corrected chi connectivity index (χ1v) is 10.4. The summed E-state index contributed by atoms with van der Waals surface area (Å²) in [6.07, 6.45) is 4.37. The van der Waals surface area contributed by atoms with Gasteiger partial charge in [-0.1, -0.05) is 13.8 Å². The lowest BCUT2D eigenvalue weighted by Gasteiger charge is -2.22. The van der Waals surface area contributed by atoms with Crippen molar-refractivity contribution in [2.75, 3.05) is 38.7 Å². The third-order valence-electron chi connectivity index (χ3n) is 5.71. The van der Waals surface area contributed by atoms with Crippen LogP contribution in [-0.2, 0) is 24.7 Å². The summed E-state index contributed by atoms with van der Waals surface area (Å²) in [5, 5.41) is 7.36. The minimum Gasteiger partial charge on any atom is -0.493 e. The number of hydrogen-bond donors (Lipinski definition) is 1. The van der Waals surface area contributed by atoms with E-state index in [0.29, 0.717) is 18.1 Å². The Bertz CT molecular complexity index is 829. The van der Waals surface area contributed by atoms with Gasteiger partial charge in [-0.25, -0.2) is 0 Å². The molecular weight excluding hydrogens is 368 g/mol. The smallest absolute Gasteiger partial charge is 0.227 e. The number of ether oxygens (including phenoxy) is 2. The van der Waals surface area contributed by atoms with Gasteiger partial charge in [0, 0.05) is 43.4 Å². The fourth-order valence-electron chi connectivity index (χ4n) is 3.81. The highest BCUT2D eigenvalue weighted by Gasteiger charge is 2.27. The number of rotatable bonds is 9. The van der Waals surface area contributed by atoms with E-state index in [4.69, 9.17) is 9.47 Å². The molecule has 0 spiro atoms. The van der Waals surface area contributed by atoms with Crippen molar-refractivity contribution in [2.24, 2.45) is 13.0 Å². The maximum Gasteiger partial charge on any atom is 0.227 e. The topological polar surface area (TPSA) is 68.6 Å². The zero-order valence-electron chi connectivity index (χ0n) is 17.9. The highest BCUT2D eigenvalue weighted by molar-refractivity contribution is 5.93. The van der Waals surface area contributed by atoms with E-state index < -0.39 is 0 Å². The summed E-state index contributed by atoms with van der Waals surface area (Å²) in [4.78, 5) is 15.1. The zero-order valence-corrected chi connectivity index (χ0v) is 17.9. The third kappa shape index (κ3) is 5.09. The van der Waals surface area contributed by atoms with Gasteiger partial charge < -0.3 is 19.7 Å². The number of nitrogens with zero attached hydrogens (tertiary/aromatic N) is 3. The standard InChI is InChI=1S/C22H32N4O3/c1-5-26(6-2)11-12-29-21-14-18(9-10-20(21)28-4)24-22(27)16-7-8-17-15-23-25(3)19(17)13-16/h9-10,14-16H,5-8,11-13H2,1-4H3,(H,24,27). The number of likely N-dealkylation sites (N-methyl/N-ethyl adjacent to an activating group) is 1. The Morgan fingerprint density at radius 2 is 2.10 bits per heavy atom. The van der Waals surface area contributed by atoms with Crippen LogP contribution in [0, 0.1) is 5.92 Å². The Labute approximate surface area is 173 Å². The number of carbonyl (C=O) groups is 1. The molecule has 7 nitrogen and oxygen atoms in total. The van der Waals surface area contributed by atoms with Crippen LogP contribution in [0.4, 0.5) is 5.69 Å². The molecule has 1 aliphatic carbocycles. The first-order chi connectivity index (χ1) is 14.0. The lowest BCUT2D eigenvalue weighted by Crippen LogP contribution is -2.29. The summed E-state index contributed by atoms with van der Waals surface area (Å²) in [5.74, 6) is 1.30. The highest BCUT2D eigenvalue weighted by atomic mass is 16.5. The van der Waals surface area contributed by atoms with Crippen LogP contribution in [0.5, 0.6) is 11.5 Å². The van der Waals surface area contributed by atoms with E-state index in [-0.39, 0.29) is 11.8 Å². The molecule has 7 heteroatoms. The molecule has 0 fully saturated rings. The average molecular weight is 401 g/mol. The first kappa shape index (κ1) is 21.2. The number of anilines is 1. The highest BCUT2D eigenvalue weighted by Crippen LogP contribution is 2.31. The number of fused-ring (bicyclic) bond motifs is 1. The van der Waals surface area contributed by atoms with Gasteiger partial charge in [0.2, 0.25) is 5.91 Å². The molecule has 1 unspecified atom stereocenters. The SMILES string of the molecule is CCN(CC)CCOc1cc(NC(=O)C2CCc3cnn(C)c3C2)ccc1OC. The summed E-state index contributed by atoms with van der Waals surface area (Å²) in [7, 11) is 3.56. The molecule has 0 radical (unpaired) electrons. The third-order valence-corrected chi connectivity index (χ3v) is 5.71. The molecule has 2 aromatic rings. The van der Waals surface area contributed by atoms with Crippen molar-refractivity contribution < 1.29 is 14.3 Å². The molecule has 0 aliphatic heterocycles. The van der Waals surface area contributed by atoms with Crippen molar-refractivity contribution in [1.82, 2.24) is 14.7 Å². The Morgan fingerprint density at radius 1 is 1.31 bits per heavy atom. The predicted molar refractivity (Wildman–Crippen MR) is 114 cm³/mol. The summed E-state index contributed by atoms with van der Waals surface area (Å²) in [5.41, 5.74) is 3.14. The van der Waals surface area contributed by atoms with Crippen LogP contribution in [0.2, 0.25) is 0 Å². The minimum absolute atomic E-state index is 0.0381. The molecule has 1 aliphatic rings. The lowest BCUT2D eigenvalue weighted by molar-refractivity contribution is -0.120. The molecule has 1 aromatic heterocycles. The number of carbonyl (C=O) groups excluding carboxylic acids is 1. The second-order valence-corrected chi connectivity index (χ2v) is 7.41. The Morgan fingerprint density at radius 3 is 2.83 bits per heavy atom. The summed E-state index contributed by atoms with van der Waals surface area (Å²) < 4.78 is 13.2. The van der Waals surface area contributed by atoms with Crippen molar-refractivity contribution in [3.05, 3.63) is 35.7 Å². The lowest BCUT2D eigenvalue weighted by atomic mass is 9.87. The van der Waals surface area contributed by atoms with Crippen LogP contribution in [0.25, 0.3) is 0 Å². The van der Waals surface area contributed by atoms with Crippen LogP contribution in [0.1, 0.15) is 31.5 Å². The molecule has 1 amide bonds. The molecule has 0 saturated carbocycles. The number of benzene rings is 1. The second kappa shape index (κ2) is 9.78. The number of aromatic nitrogens is 2. The maximum absolute atomic E-state index is 12.8. The normalized spacial score (nSPS) is 15.8. The van der Waals surface area contributed by atoms with Crippen molar-refractivity contribution >= 4 is 11.6 Å². The summed E-state index contributed by atoms with van der Waals surface area (Å²) in [6, 6.07) is 5.53. The minimum atomic E-state index is -0.0490. The summed E-state index contributed by atoms with van der Waals surface area (Å²) in [6.45, 7) is 7.68. The Hall–Kier alpha value is -2.54. The average Bonchev–Trinajstić information content (AvgIpc) is 3.11. The first-order valence-electron chi connectivity index (χ1n) is 10.4. The molecule has 1 atom stereocenters. The van der Waals surface area contributed by atoms with Gasteiger partial charge in [0.05, 0.1) is 13.3 Å². The van der Waals surface area contributed by atoms with E-state index in [1.165, 1.54) is 5.56 Å². The largest absolute Gasteiger partial charge is 0.493 e. The van der Waals surface area contributed by atoms with E-state index in [1.54, 1.807) is 7.11 Å². The summed E-state index contributed by atoms with van der Waals surface area (Å²) >= 11 is 0. The second-order valence-electron chi connectivity index (χ2n) is 7.41. The molecular formula is C22H32N4O3. The quantitative estimate of drug-likeness (QED) is 0.701. The Balaban J connectivity index is 1.63. The molecule has 1 N–H and O–H groups in total. The van der Waals surface area contributed by atoms with Crippen molar-refractivity contribution in [2.45, 2.75) is 33.1 Å². The van der Waals surface area contributed by atoms with Crippen molar-refractivity contribution in [3.8, 4) is 11.5 Å². The van der Waals surface area contributed by atoms with Gasteiger partial charge in [0.15, 0.2) is 11.5 Å². The fraction of sp³-hybridized carbons (Fsp3) is 0.545. The van der Waals surface area contributed by atoms with Crippen molar-refractivity contribution in [3.63, 3.8) is 0 Å². The van der Waals surface area contributed by atoms with Gasteiger partial charge in [-0.15, -0.1) is 0 Å². The van der Waals surface area contributed by atoms with E-state index in [0.717, 1.165) is 50.3 Å². The van der Waals surface area contributed by atoms with Crippen LogP contribution >= 0.6 is 0 Å². The van der Waals surface area contributed by atoms with Gasteiger partial charge in [-0.3, -0.25) is 9.48 Å². The molecule has 0 saturated heterocycles. The van der Waals surface area contributed by atoms with E-state index >= 15 is 0 Å². The van der Waals surface area contributed by atoms with E-state index in [9.17, 15) is 4.79 Å². The molecule has 158 valence electrons.